The number of aliphatic hydroxyl groups excluding tert-OH is 1. The molecule has 0 radical (unpaired) electrons. The van der Waals surface area contributed by atoms with Crippen LogP contribution >= 0.6 is 0 Å². The first-order valence-electron chi connectivity index (χ1n) is 8.75. The number of aliphatic hydroxyl groups is 1. The Labute approximate surface area is 144 Å². The number of methoxy groups -OCH3 is 1. The molecule has 1 N–H and O–H groups in total. The molecule has 0 aliphatic carbocycles. The number of halogens is 1. The van der Waals surface area contributed by atoms with E-state index >= 15 is 0 Å². The fourth-order valence-electron chi connectivity index (χ4n) is 3.37. The number of cyclic esters (lactones) is 1. The normalized spacial score (nSPS) is 26.6. The zero-order chi connectivity index (χ0) is 18.3. The molecule has 24 heavy (non-hydrogen) atoms. The summed E-state index contributed by atoms with van der Waals surface area (Å²) in [7, 11) is 1.65. The van der Waals surface area contributed by atoms with Gasteiger partial charge in [-0.25, -0.2) is 4.79 Å². The van der Waals surface area contributed by atoms with Crippen LogP contribution in [-0.4, -0.2) is 36.5 Å². The molecular weight excluding hydrogens is 311 g/mol. The van der Waals surface area contributed by atoms with Crippen molar-refractivity contribution in [2.45, 2.75) is 65.3 Å². The maximum absolute atomic E-state index is 13.4. The van der Waals surface area contributed by atoms with Gasteiger partial charge in [0.05, 0.1) is 12.2 Å². The summed E-state index contributed by atoms with van der Waals surface area (Å²) in [5.41, 5.74) is 0. The molecule has 5 heteroatoms. The van der Waals surface area contributed by atoms with E-state index in [1.54, 1.807) is 7.11 Å². The quantitative estimate of drug-likeness (QED) is 0.511. The Morgan fingerprint density at radius 2 is 2.12 bits per heavy atom. The van der Waals surface area contributed by atoms with Crippen LogP contribution in [0.5, 0.6) is 0 Å². The number of esters is 1. The van der Waals surface area contributed by atoms with Crippen molar-refractivity contribution in [3.05, 3.63) is 24.1 Å². The van der Waals surface area contributed by atoms with Crippen LogP contribution in [0.4, 0.5) is 4.39 Å². The van der Waals surface area contributed by atoms with Crippen molar-refractivity contribution in [2.75, 3.05) is 7.11 Å². The zero-order valence-electron chi connectivity index (χ0n) is 15.4. The van der Waals surface area contributed by atoms with Gasteiger partial charge in [0.25, 0.3) is 0 Å². The molecule has 0 spiro atoms. The molecule has 1 aliphatic rings. The SMILES string of the molecule is C/C=C/C[C@H](C)[C@@H](OC)[C@@H](C)[C@H](O)C[C@H]1OC(=O)C(F)=C[C@H]1CC. The summed E-state index contributed by atoms with van der Waals surface area (Å²) in [5.74, 6) is -1.85. The number of hydrogen-bond acceptors (Lipinski definition) is 4. The molecule has 1 rings (SSSR count). The molecule has 0 saturated carbocycles. The smallest absolute Gasteiger partial charge is 0.367 e. The van der Waals surface area contributed by atoms with Gasteiger partial charge in [-0.15, -0.1) is 0 Å². The second kappa shape index (κ2) is 9.94. The van der Waals surface area contributed by atoms with Crippen LogP contribution in [0.3, 0.4) is 0 Å². The Hall–Kier alpha value is -1.20. The number of allylic oxidation sites excluding steroid dienone is 2. The summed E-state index contributed by atoms with van der Waals surface area (Å²) >= 11 is 0. The fourth-order valence-corrected chi connectivity index (χ4v) is 3.37. The molecule has 0 bridgehead atoms. The monoisotopic (exact) mass is 342 g/mol. The third-order valence-electron chi connectivity index (χ3n) is 4.94. The summed E-state index contributed by atoms with van der Waals surface area (Å²) in [6, 6.07) is 0. The van der Waals surface area contributed by atoms with Gasteiger partial charge < -0.3 is 14.6 Å². The first-order valence-corrected chi connectivity index (χ1v) is 8.75. The summed E-state index contributed by atoms with van der Waals surface area (Å²) in [4.78, 5) is 11.5. The summed E-state index contributed by atoms with van der Waals surface area (Å²) in [6.45, 7) is 7.91. The van der Waals surface area contributed by atoms with Crippen LogP contribution in [0.25, 0.3) is 0 Å². The molecule has 1 heterocycles. The molecule has 6 atom stereocenters. The Morgan fingerprint density at radius 3 is 2.67 bits per heavy atom. The van der Waals surface area contributed by atoms with Gasteiger partial charge in [0.15, 0.2) is 0 Å². The van der Waals surface area contributed by atoms with Crippen LogP contribution in [0, 0.1) is 17.8 Å². The van der Waals surface area contributed by atoms with Crippen molar-refractivity contribution in [3.8, 4) is 0 Å². The minimum absolute atomic E-state index is 0.108. The highest BCUT2D eigenvalue weighted by molar-refractivity contribution is 5.86. The van der Waals surface area contributed by atoms with Crippen molar-refractivity contribution in [1.82, 2.24) is 0 Å². The van der Waals surface area contributed by atoms with E-state index in [-0.39, 0.29) is 30.3 Å². The van der Waals surface area contributed by atoms with Crippen molar-refractivity contribution in [1.29, 1.82) is 0 Å². The molecule has 4 nitrogen and oxygen atoms in total. The van der Waals surface area contributed by atoms with Crippen LogP contribution in [-0.2, 0) is 14.3 Å². The van der Waals surface area contributed by atoms with Crippen LogP contribution < -0.4 is 0 Å². The van der Waals surface area contributed by atoms with Crippen molar-refractivity contribution >= 4 is 5.97 Å². The maximum atomic E-state index is 13.4. The predicted octanol–water partition coefficient (Wildman–Crippen LogP) is 3.80. The van der Waals surface area contributed by atoms with Crippen molar-refractivity contribution < 1.29 is 23.8 Å². The van der Waals surface area contributed by atoms with Crippen LogP contribution in [0.2, 0.25) is 0 Å². The van der Waals surface area contributed by atoms with Crippen LogP contribution in [0.15, 0.2) is 24.1 Å². The average Bonchev–Trinajstić information content (AvgIpc) is 2.56. The molecular formula is C19H31FO4. The van der Waals surface area contributed by atoms with E-state index in [1.807, 2.05) is 26.8 Å². The molecule has 0 fully saturated rings. The summed E-state index contributed by atoms with van der Waals surface area (Å²) in [6.07, 6.45) is 5.91. The molecule has 138 valence electrons. The van der Waals surface area contributed by atoms with Gasteiger partial charge >= 0.3 is 5.97 Å². The molecule has 0 aromatic carbocycles. The maximum Gasteiger partial charge on any atom is 0.367 e. The third kappa shape index (κ3) is 5.42. The summed E-state index contributed by atoms with van der Waals surface area (Å²) < 4.78 is 24.2. The molecule has 1 aliphatic heterocycles. The zero-order valence-corrected chi connectivity index (χ0v) is 15.4. The van der Waals surface area contributed by atoms with E-state index < -0.39 is 24.0 Å². The molecule has 0 saturated heterocycles. The van der Waals surface area contributed by atoms with E-state index in [9.17, 15) is 14.3 Å². The first kappa shape index (κ1) is 20.8. The average molecular weight is 342 g/mol. The molecule has 0 unspecified atom stereocenters. The first-order chi connectivity index (χ1) is 11.3. The largest absolute Gasteiger partial charge is 0.456 e. The number of hydrogen-bond donors (Lipinski definition) is 1. The van der Waals surface area contributed by atoms with E-state index in [0.29, 0.717) is 6.42 Å². The number of rotatable bonds is 9. The van der Waals surface area contributed by atoms with Gasteiger partial charge in [0, 0.05) is 25.4 Å². The van der Waals surface area contributed by atoms with Gasteiger partial charge in [-0.1, -0.05) is 32.9 Å². The molecule has 0 aromatic rings. The highest BCUT2D eigenvalue weighted by atomic mass is 19.1. The predicted molar refractivity (Wildman–Crippen MR) is 92.0 cm³/mol. The second-order valence-corrected chi connectivity index (χ2v) is 6.67. The summed E-state index contributed by atoms with van der Waals surface area (Å²) in [5, 5.41) is 10.6. The highest BCUT2D eigenvalue weighted by Gasteiger charge is 2.36. The van der Waals surface area contributed by atoms with Crippen LogP contribution in [0.1, 0.15) is 47.0 Å². The van der Waals surface area contributed by atoms with Gasteiger partial charge in [0.1, 0.15) is 6.10 Å². The second-order valence-electron chi connectivity index (χ2n) is 6.67. The number of ether oxygens (including phenoxy) is 2. The molecule has 0 aromatic heterocycles. The number of carbonyl (C=O) groups is 1. The van der Waals surface area contributed by atoms with Crippen molar-refractivity contribution in [2.24, 2.45) is 17.8 Å². The van der Waals surface area contributed by atoms with Gasteiger partial charge in [-0.3, -0.25) is 0 Å². The van der Waals surface area contributed by atoms with E-state index in [0.717, 1.165) is 6.42 Å². The van der Waals surface area contributed by atoms with E-state index in [2.05, 4.69) is 13.0 Å². The Bertz CT molecular complexity index is 460. The fraction of sp³-hybridized carbons (Fsp3) is 0.737. The lowest BCUT2D eigenvalue weighted by atomic mass is 9.83. The molecule has 0 amide bonds. The van der Waals surface area contributed by atoms with E-state index in [4.69, 9.17) is 9.47 Å². The minimum Gasteiger partial charge on any atom is -0.456 e. The lowest BCUT2D eigenvalue weighted by molar-refractivity contribution is -0.153. The lowest BCUT2D eigenvalue weighted by Crippen LogP contribution is -2.40. The lowest BCUT2D eigenvalue weighted by Gasteiger charge is -2.34. The topological polar surface area (TPSA) is 55.8 Å². The van der Waals surface area contributed by atoms with Gasteiger partial charge in [-0.2, -0.15) is 4.39 Å². The Morgan fingerprint density at radius 1 is 1.46 bits per heavy atom. The van der Waals surface area contributed by atoms with E-state index in [1.165, 1.54) is 6.08 Å². The standard InChI is InChI=1S/C19H31FO4/c1-6-8-9-12(3)18(23-5)13(4)16(21)11-17-14(7-2)10-15(20)19(22)24-17/h6,8,10,12-14,16-18,21H,7,9,11H2,1-5H3/b8-6+/t12-,13-,14+,16+,17+,18+/m0/s1. The van der Waals surface area contributed by atoms with Gasteiger partial charge in [0.2, 0.25) is 5.83 Å². The Kier molecular flexibility index (Phi) is 8.63. The number of carbonyl (C=O) groups excluding carboxylic acids is 1. The minimum atomic E-state index is -0.936. The van der Waals surface area contributed by atoms with Gasteiger partial charge in [-0.05, 0) is 31.8 Å². The third-order valence-corrected chi connectivity index (χ3v) is 4.94. The van der Waals surface area contributed by atoms with Crippen molar-refractivity contribution in [3.63, 3.8) is 0 Å². The highest BCUT2D eigenvalue weighted by Crippen LogP contribution is 2.30. The Balaban J connectivity index is 2.74.